The van der Waals surface area contributed by atoms with Gasteiger partial charge in [0.25, 0.3) is 0 Å². The van der Waals surface area contributed by atoms with E-state index in [1.54, 1.807) is 0 Å². The van der Waals surface area contributed by atoms with Gasteiger partial charge in [0, 0.05) is 23.9 Å². The first kappa shape index (κ1) is 34.5. The highest BCUT2D eigenvalue weighted by molar-refractivity contribution is 6.27. The second-order valence-corrected chi connectivity index (χ2v) is 10.2. The molecule has 42 heavy (non-hydrogen) atoms. The average molecular weight is 584 g/mol. The van der Waals surface area contributed by atoms with Crippen LogP contribution in [-0.4, -0.2) is 64.2 Å². The van der Waals surface area contributed by atoms with Gasteiger partial charge < -0.3 is 29.4 Å². The highest BCUT2D eigenvalue weighted by Crippen LogP contribution is 2.31. The molecule has 0 bridgehead atoms. The lowest BCUT2D eigenvalue weighted by atomic mass is 9.97. The van der Waals surface area contributed by atoms with E-state index in [1.165, 1.54) is 25.7 Å². The second kappa shape index (κ2) is 18.7. The Kier molecular flexibility index (Phi) is 15.4. The molecule has 0 spiro atoms. The molecule has 0 saturated carbocycles. The first-order chi connectivity index (χ1) is 20.2. The van der Waals surface area contributed by atoms with E-state index in [4.69, 9.17) is 29.0 Å². The zero-order valence-corrected chi connectivity index (χ0v) is 25.1. The number of carboxylic acids is 2. The number of hydrogen-bond donors (Lipinski definition) is 3. The fraction of sp³-hybridized carbons (Fsp3) is 0.485. The fourth-order valence-electron chi connectivity index (χ4n) is 4.48. The molecule has 1 aromatic heterocycles. The van der Waals surface area contributed by atoms with E-state index < -0.39 is 11.9 Å². The van der Waals surface area contributed by atoms with Crippen LogP contribution in [0.3, 0.4) is 0 Å². The molecule has 2 aromatic carbocycles. The largest absolute Gasteiger partial charge is 0.494 e. The molecule has 0 aliphatic heterocycles. The number of carbonyl (C=O) groups is 3. The van der Waals surface area contributed by atoms with Gasteiger partial charge in [-0.15, -0.1) is 0 Å². The molecule has 9 nitrogen and oxygen atoms in total. The summed E-state index contributed by atoms with van der Waals surface area (Å²) in [7, 11) is 0. The Hall–Kier alpha value is -3.69. The summed E-state index contributed by atoms with van der Waals surface area (Å²) in [6.07, 6.45) is 8.62. The summed E-state index contributed by atoms with van der Waals surface area (Å²) >= 11 is 0. The van der Waals surface area contributed by atoms with E-state index in [2.05, 4.69) is 25.7 Å². The molecule has 0 aliphatic carbocycles. The van der Waals surface area contributed by atoms with Gasteiger partial charge in [0.05, 0.1) is 18.8 Å². The summed E-state index contributed by atoms with van der Waals surface area (Å²) in [5.41, 5.74) is 2.68. The van der Waals surface area contributed by atoms with Crippen LogP contribution in [0.15, 0.2) is 46.9 Å². The molecule has 0 atom stereocenters. The molecule has 3 rings (SSSR count). The molecule has 0 saturated heterocycles. The van der Waals surface area contributed by atoms with E-state index >= 15 is 0 Å². The molecule has 3 N–H and O–H groups in total. The molecule has 0 radical (unpaired) electrons. The third-order valence-corrected chi connectivity index (χ3v) is 6.83. The van der Waals surface area contributed by atoms with Crippen molar-refractivity contribution >= 4 is 28.7 Å². The number of hydrogen-bond acceptors (Lipinski definition) is 7. The van der Waals surface area contributed by atoms with Crippen LogP contribution in [0, 0.1) is 0 Å². The number of furan rings is 1. The summed E-state index contributed by atoms with van der Waals surface area (Å²) in [6, 6.07) is 13.0. The van der Waals surface area contributed by atoms with Crippen molar-refractivity contribution in [1.82, 2.24) is 4.90 Å². The van der Waals surface area contributed by atoms with Crippen LogP contribution in [0.2, 0.25) is 0 Å². The van der Waals surface area contributed by atoms with Crippen molar-refractivity contribution in [3.05, 3.63) is 64.9 Å². The SMILES string of the molecule is CCCCc1oc2ccc(CO)cc2c1C(=O)c1ccc(OCCCN(CCCC)CCCC)cc1.O=C(O)C(=O)O. The average Bonchev–Trinajstić information content (AvgIpc) is 3.36. The monoisotopic (exact) mass is 583 g/mol. The maximum absolute atomic E-state index is 13.6. The Morgan fingerprint density at radius 1 is 0.810 bits per heavy atom. The van der Waals surface area contributed by atoms with E-state index in [-0.39, 0.29) is 12.4 Å². The van der Waals surface area contributed by atoms with Crippen molar-refractivity contribution in [2.24, 2.45) is 0 Å². The van der Waals surface area contributed by atoms with Gasteiger partial charge in [-0.2, -0.15) is 0 Å². The Bertz CT molecular complexity index is 1250. The van der Waals surface area contributed by atoms with Crippen LogP contribution < -0.4 is 4.74 Å². The molecule has 3 aromatic rings. The predicted molar refractivity (Wildman–Crippen MR) is 162 cm³/mol. The number of unbranched alkanes of at least 4 members (excludes halogenated alkanes) is 3. The van der Waals surface area contributed by atoms with Crippen molar-refractivity contribution < 1.29 is 38.9 Å². The van der Waals surface area contributed by atoms with Crippen molar-refractivity contribution in [3.8, 4) is 5.75 Å². The maximum atomic E-state index is 13.6. The number of fused-ring (bicyclic) bond motifs is 1. The Balaban J connectivity index is 0.000000928. The summed E-state index contributed by atoms with van der Waals surface area (Å²) in [4.78, 5) is 34.3. The first-order valence-corrected chi connectivity index (χ1v) is 14.9. The van der Waals surface area contributed by atoms with E-state index in [1.807, 2.05) is 42.5 Å². The van der Waals surface area contributed by atoms with E-state index in [0.717, 1.165) is 67.8 Å². The van der Waals surface area contributed by atoms with Gasteiger partial charge in [0.2, 0.25) is 0 Å². The molecular weight excluding hydrogens is 538 g/mol. The lowest BCUT2D eigenvalue weighted by Gasteiger charge is -2.21. The minimum absolute atomic E-state index is 0.0519. The molecule has 0 aliphatic rings. The van der Waals surface area contributed by atoms with Crippen LogP contribution in [0.25, 0.3) is 11.0 Å². The standard InChI is InChI=1S/C31H43NO4.C2H2O4/c1-4-7-11-29-30(27-22-24(23-33)12-17-28(27)36-29)31(34)25-13-15-26(16-14-25)35-21-10-20-32(18-8-5-2)19-9-6-3;3-1(4)2(5)6/h12-17,22,33H,4-11,18-21,23H2,1-3H3;(H,3,4)(H,5,6). The fourth-order valence-corrected chi connectivity index (χ4v) is 4.48. The van der Waals surface area contributed by atoms with Crippen LogP contribution in [0.5, 0.6) is 5.75 Å². The van der Waals surface area contributed by atoms with Gasteiger partial charge in [-0.3, -0.25) is 4.79 Å². The number of carbonyl (C=O) groups excluding carboxylic acids is 1. The van der Waals surface area contributed by atoms with Crippen molar-refractivity contribution in [2.75, 3.05) is 26.2 Å². The van der Waals surface area contributed by atoms with Crippen LogP contribution in [0.1, 0.15) is 93.0 Å². The molecule has 0 amide bonds. The van der Waals surface area contributed by atoms with E-state index in [0.29, 0.717) is 23.3 Å². The van der Waals surface area contributed by atoms with Gasteiger partial charge >= 0.3 is 11.9 Å². The Morgan fingerprint density at radius 3 is 1.95 bits per heavy atom. The number of aliphatic carboxylic acids is 2. The highest BCUT2D eigenvalue weighted by Gasteiger charge is 2.22. The van der Waals surface area contributed by atoms with Gasteiger partial charge in [-0.1, -0.05) is 46.1 Å². The molecule has 230 valence electrons. The molecular formula is C33H45NO8. The number of aliphatic hydroxyl groups is 1. The van der Waals surface area contributed by atoms with Crippen molar-refractivity contribution in [2.45, 2.75) is 78.7 Å². The zero-order valence-electron chi connectivity index (χ0n) is 25.1. The van der Waals surface area contributed by atoms with Gasteiger partial charge in [-0.25, -0.2) is 9.59 Å². The van der Waals surface area contributed by atoms with Gasteiger partial charge in [0.1, 0.15) is 17.1 Å². The summed E-state index contributed by atoms with van der Waals surface area (Å²) in [6.45, 7) is 10.6. The van der Waals surface area contributed by atoms with Crippen molar-refractivity contribution in [1.29, 1.82) is 0 Å². The molecule has 0 fully saturated rings. The molecule has 9 heteroatoms. The number of benzene rings is 2. The second-order valence-electron chi connectivity index (χ2n) is 10.2. The number of aliphatic hydroxyl groups excluding tert-OH is 1. The quantitative estimate of drug-likeness (QED) is 0.0946. The third kappa shape index (κ3) is 10.9. The number of aryl methyl sites for hydroxylation is 1. The molecule has 0 unspecified atom stereocenters. The maximum Gasteiger partial charge on any atom is 0.414 e. The smallest absolute Gasteiger partial charge is 0.414 e. The van der Waals surface area contributed by atoms with Gasteiger partial charge in [-0.05, 0) is 80.7 Å². The zero-order chi connectivity index (χ0) is 30.9. The Morgan fingerprint density at radius 2 is 1.40 bits per heavy atom. The van der Waals surface area contributed by atoms with Gasteiger partial charge in [0.15, 0.2) is 5.78 Å². The Labute approximate surface area is 248 Å². The number of carboxylic acid groups (broad SMARTS) is 2. The number of rotatable bonds is 17. The predicted octanol–water partition coefficient (Wildman–Crippen LogP) is 6.33. The van der Waals surface area contributed by atoms with Crippen LogP contribution in [0.4, 0.5) is 0 Å². The highest BCUT2D eigenvalue weighted by atomic mass is 16.5. The van der Waals surface area contributed by atoms with Crippen LogP contribution in [-0.2, 0) is 22.6 Å². The minimum atomic E-state index is -1.82. The van der Waals surface area contributed by atoms with Crippen LogP contribution >= 0.6 is 0 Å². The van der Waals surface area contributed by atoms with E-state index in [9.17, 15) is 9.90 Å². The summed E-state index contributed by atoms with van der Waals surface area (Å²) < 4.78 is 12.1. The minimum Gasteiger partial charge on any atom is -0.494 e. The lowest BCUT2D eigenvalue weighted by Crippen LogP contribution is -2.28. The summed E-state index contributed by atoms with van der Waals surface area (Å²) in [5.74, 6) is -2.19. The molecule has 1 heterocycles. The number of ketones is 1. The normalized spacial score (nSPS) is 10.9. The topological polar surface area (TPSA) is 138 Å². The lowest BCUT2D eigenvalue weighted by molar-refractivity contribution is -0.159. The first-order valence-electron chi connectivity index (χ1n) is 14.9. The third-order valence-electron chi connectivity index (χ3n) is 6.83. The number of ether oxygens (including phenoxy) is 1. The number of nitrogens with zero attached hydrogens (tertiary/aromatic N) is 1. The van der Waals surface area contributed by atoms with Crippen molar-refractivity contribution in [3.63, 3.8) is 0 Å². The summed E-state index contributed by atoms with van der Waals surface area (Å²) in [5, 5.41) is 25.1.